The van der Waals surface area contributed by atoms with Crippen LogP contribution in [0, 0.1) is 11.6 Å². The van der Waals surface area contributed by atoms with E-state index in [1.807, 2.05) is 0 Å². The number of morpholine rings is 1. The van der Waals surface area contributed by atoms with Gasteiger partial charge in [-0.3, -0.25) is 9.48 Å². The van der Waals surface area contributed by atoms with Gasteiger partial charge in [0.1, 0.15) is 0 Å². The summed E-state index contributed by atoms with van der Waals surface area (Å²) in [7, 11) is 1.79. The van der Waals surface area contributed by atoms with Crippen molar-refractivity contribution in [2.75, 3.05) is 31.6 Å². The van der Waals surface area contributed by atoms with Gasteiger partial charge in [-0.2, -0.15) is 15.2 Å². The molecule has 1 amide bonds. The van der Waals surface area contributed by atoms with Crippen molar-refractivity contribution in [2.24, 2.45) is 7.05 Å². The van der Waals surface area contributed by atoms with Crippen LogP contribution in [0.3, 0.4) is 0 Å². The third-order valence-electron chi connectivity index (χ3n) is 5.31. The van der Waals surface area contributed by atoms with E-state index in [2.05, 4.69) is 25.5 Å². The molecule has 178 valence electrons. The summed E-state index contributed by atoms with van der Waals surface area (Å²) < 4.78 is 37.3. The molecule has 0 atom stereocenters. The van der Waals surface area contributed by atoms with E-state index >= 15 is 0 Å². The molecule has 3 aromatic heterocycles. The van der Waals surface area contributed by atoms with E-state index in [1.165, 1.54) is 10.7 Å². The number of aromatic nitrogens is 6. The van der Waals surface area contributed by atoms with Crippen molar-refractivity contribution < 1.29 is 18.3 Å². The average Bonchev–Trinajstić information content (AvgIpc) is 3.42. The first-order chi connectivity index (χ1) is 16.0. The van der Waals surface area contributed by atoms with E-state index in [0.29, 0.717) is 49.0 Å². The molecule has 0 saturated carbocycles. The SMILES string of the molecule is C.Cn1cc(Nc2ncc3cnn(Cc4cc(C(=O)N5CCOCC5)cc(F)c4F)c3n2)cn1. The Labute approximate surface area is 194 Å². The second kappa shape index (κ2) is 9.51. The standard InChI is InChI=1S/C21H20F2N8O2.CH4/c1-29-12-16(10-25-29)27-21-24-8-15-9-26-31(19(15)28-21)11-14-6-13(7-17(22)18(14)23)20(32)30-2-4-33-5-3-30;/h6-10,12H,2-5,11H2,1H3,(H,24,27,28);1H4. The molecule has 1 fully saturated rings. The first kappa shape index (κ1) is 23.2. The van der Waals surface area contributed by atoms with Crippen LogP contribution in [0.4, 0.5) is 20.4 Å². The van der Waals surface area contributed by atoms with Crippen LogP contribution in [0.15, 0.2) is 36.9 Å². The van der Waals surface area contributed by atoms with Gasteiger partial charge >= 0.3 is 0 Å². The van der Waals surface area contributed by atoms with Crippen molar-refractivity contribution >= 4 is 28.6 Å². The molecular weight excluding hydrogens is 446 g/mol. The minimum absolute atomic E-state index is 0. The Morgan fingerprint density at radius 1 is 1.15 bits per heavy atom. The van der Waals surface area contributed by atoms with Gasteiger partial charge in [0.15, 0.2) is 17.3 Å². The number of amides is 1. The number of hydrogen-bond acceptors (Lipinski definition) is 7. The van der Waals surface area contributed by atoms with E-state index in [-0.39, 0.29) is 31.0 Å². The van der Waals surface area contributed by atoms with E-state index in [1.54, 1.807) is 41.4 Å². The summed E-state index contributed by atoms with van der Waals surface area (Å²) in [6, 6.07) is 2.29. The molecule has 0 bridgehead atoms. The lowest BCUT2D eigenvalue weighted by Crippen LogP contribution is -2.40. The average molecular weight is 470 g/mol. The maximum absolute atomic E-state index is 14.6. The number of carbonyl (C=O) groups excluding carboxylic acids is 1. The topological polar surface area (TPSA) is 103 Å². The maximum Gasteiger partial charge on any atom is 0.254 e. The van der Waals surface area contributed by atoms with Crippen LogP contribution in [0.5, 0.6) is 0 Å². The quantitative estimate of drug-likeness (QED) is 0.478. The summed E-state index contributed by atoms with van der Waals surface area (Å²) >= 11 is 0. The van der Waals surface area contributed by atoms with Gasteiger partial charge in [-0.1, -0.05) is 7.43 Å². The zero-order chi connectivity index (χ0) is 22.9. The predicted octanol–water partition coefficient (Wildman–Crippen LogP) is 2.74. The Hall–Kier alpha value is -3.93. The summed E-state index contributed by atoms with van der Waals surface area (Å²) in [5, 5.41) is 12.0. The fourth-order valence-corrected chi connectivity index (χ4v) is 3.65. The molecule has 1 aliphatic heterocycles. The third kappa shape index (κ3) is 4.57. The molecule has 0 unspecified atom stereocenters. The van der Waals surface area contributed by atoms with Crippen molar-refractivity contribution in [3.05, 3.63) is 59.7 Å². The van der Waals surface area contributed by atoms with Crippen molar-refractivity contribution in [2.45, 2.75) is 14.0 Å². The van der Waals surface area contributed by atoms with Gasteiger partial charge in [0.2, 0.25) is 5.95 Å². The van der Waals surface area contributed by atoms with E-state index in [0.717, 1.165) is 6.07 Å². The fourth-order valence-electron chi connectivity index (χ4n) is 3.65. The van der Waals surface area contributed by atoms with E-state index in [4.69, 9.17) is 4.74 Å². The zero-order valence-corrected chi connectivity index (χ0v) is 17.7. The Morgan fingerprint density at radius 3 is 2.68 bits per heavy atom. The number of benzene rings is 1. The van der Waals surface area contributed by atoms with Crippen LogP contribution >= 0.6 is 0 Å². The summed E-state index contributed by atoms with van der Waals surface area (Å²) in [6.07, 6.45) is 6.51. The highest BCUT2D eigenvalue weighted by molar-refractivity contribution is 5.94. The van der Waals surface area contributed by atoms with Crippen LogP contribution in [0.2, 0.25) is 0 Å². The van der Waals surface area contributed by atoms with Crippen molar-refractivity contribution in [1.29, 1.82) is 0 Å². The lowest BCUT2D eigenvalue weighted by Gasteiger charge is -2.27. The number of aryl methyl sites for hydroxylation is 1. The van der Waals surface area contributed by atoms with E-state index in [9.17, 15) is 13.6 Å². The molecule has 0 radical (unpaired) electrons. The van der Waals surface area contributed by atoms with Gasteiger partial charge in [0.25, 0.3) is 5.91 Å². The number of hydrogen-bond donors (Lipinski definition) is 1. The van der Waals surface area contributed by atoms with Gasteiger partial charge < -0.3 is 15.0 Å². The number of ether oxygens (including phenoxy) is 1. The Balaban J connectivity index is 0.00000274. The molecule has 0 aliphatic carbocycles. The van der Waals surface area contributed by atoms with Gasteiger partial charge in [0, 0.05) is 43.7 Å². The van der Waals surface area contributed by atoms with Crippen LogP contribution in [-0.2, 0) is 18.3 Å². The largest absolute Gasteiger partial charge is 0.378 e. The second-order valence-corrected chi connectivity index (χ2v) is 7.64. The highest BCUT2D eigenvalue weighted by Crippen LogP contribution is 2.21. The number of carbonyl (C=O) groups is 1. The normalized spacial score (nSPS) is 13.7. The summed E-state index contributed by atoms with van der Waals surface area (Å²) in [4.78, 5) is 23.0. The van der Waals surface area contributed by atoms with Crippen LogP contribution in [0.25, 0.3) is 11.0 Å². The summed E-state index contributed by atoms with van der Waals surface area (Å²) in [5.74, 6) is -2.18. The third-order valence-corrected chi connectivity index (χ3v) is 5.31. The Kier molecular flexibility index (Phi) is 6.50. The smallest absolute Gasteiger partial charge is 0.254 e. The van der Waals surface area contributed by atoms with Crippen molar-refractivity contribution in [3.63, 3.8) is 0 Å². The van der Waals surface area contributed by atoms with Gasteiger partial charge in [0.05, 0.1) is 43.2 Å². The van der Waals surface area contributed by atoms with Gasteiger partial charge in [-0.25, -0.2) is 18.4 Å². The minimum Gasteiger partial charge on any atom is -0.378 e. The Morgan fingerprint density at radius 2 is 1.94 bits per heavy atom. The highest BCUT2D eigenvalue weighted by atomic mass is 19.2. The molecule has 5 rings (SSSR count). The Bertz CT molecular complexity index is 1330. The monoisotopic (exact) mass is 470 g/mol. The number of halogens is 2. The highest BCUT2D eigenvalue weighted by Gasteiger charge is 2.22. The van der Waals surface area contributed by atoms with Gasteiger partial charge in [-0.05, 0) is 12.1 Å². The van der Waals surface area contributed by atoms with Crippen LogP contribution in [-0.4, -0.2) is 66.6 Å². The predicted molar refractivity (Wildman–Crippen MR) is 121 cm³/mol. The number of nitrogens with zero attached hydrogens (tertiary/aromatic N) is 7. The first-order valence-corrected chi connectivity index (χ1v) is 10.3. The molecule has 4 heterocycles. The molecule has 10 nitrogen and oxygen atoms in total. The molecule has 12 heteroatoms. The number of rotatable bonds is 5. The summed E-state index contributed by atoms with van der Waals surface area (Å²) in [5.41, 5.74) is 1.21. The molecule has 0 spiro atoms. The number of fused-ring (bicyclic) bond motifs is 1. The molecule has 1 saturated heterocycles. The molecule has 1 aromatic carbocycles. The molecule has 1 N–H and O–H groups in total. The fraction of sp³-hybridized carbons (Fsp3) is 0.318. The maximum atomic E-state index is 14.6. The lowest BCUT2D eigenvalue weighted by molar-refractivity contribution is 0.0302. The van der Waals surface area contributed by atoms with Crippen molar-refractivity contribution in [1.82, 2.24) is 34.4 Å². The number of nitrogens with one attached hydrogen (secondary N) is 1. The molecule has 34 heavy (non-hydrogen) atoms. The summed E-state index contributed by atoms with van der Waals surface area (Å²) in [6.45, 7) is 1.52. The second-order valence-electron chi connectivity index (χ2n) is 7.64. The lowest BCUT2D eigenvalue weighted by atomic mass is 10.1. The zero-order valence-electron chi connectivity index (χ0n) is 17.7. The van der Waals surface area contributed by atoms with E-state index < -0.39 is 11.6 Å². The van der Waals surface area contributed by atoms with Crippen LogP contribution in [0.1, 0.15) is 23.3 Å². The number of anilines is 2. The molecular formula is C22H24F2N8O2. The van der Waals surface area contributed by atoms with Crippen molar-refractivity contribution in [3.8, 4) is 0 Å². The first-order valence-electron chi connectivity index (χ1n) is 10.3. The minimum atomic E-state index is -1.09. The molecule has 4 aromatic rings. The van der Waals surface area contributed by atoms with Gasteiger partial charge in [-0.15, -0.1) is 0 Å². The van der Waals surface area contributed by atoms with Crippen LogP contribution < -0.4 is 5.32 Å². The molecule has 1 aliphatic rings.